The standard InChI is InChI=1S/C11H18N2OS/c1-12-10(11-7-13-8-15-11)5-4-9-3-2-6-14-9/h7-10,12H,2-6H2,1H3. The van der Waals surface area contributed by atoms with E-state index in [2.05, 4.69) is 10.3 Å². The fraction of sp³-hybridized carbons (Fsp3) is 0.727. The molecule has 4 heteroatoms. The van der Waals surface area contributed by atoms with Crippen LogP contribution in [0.5, 0.6) is 0 Å². The van der Waals surface area contributed by atoms with E-state index >= 15 is 0 Å². The number of hydrogen-bond acceptors (Lipinski definition) is 4. The van der Waals surface area contributed by atoms with Gasteiger partial charge in [-0.1, -0.05) is 0 Å². The number of nitrogens with one attached hydrogen (secondary N) is 1. The van der Waals surface area contributed by atoms with Crippen LogP contribution in [0.25, 0.3) is 0 Å². The minimum Gasteiger partial charge on any atom is -0.378 e. The molecule has 15 heavy (non-hydrogen) atoms. The predicted molar refractivity (Wildman–Crippen MR) is 62.1 cm³/mol. The van der Waals surface area contributed by atoms with Gasteiger partial charge in [-0.25, -0.2) is 0 Å². The zero-order valence-electron chi connectivity index (χ0n) is 9.11. The van der Waals surface area contributed by atoms with Crippen molar-refractivity contribution in [3.63, 3.8) is 0 Å². The van der Waals surface area contributed by atoms with Gasteiger partial charge >= 0.3 is 0 Å². The fourth-order valence-electron chi connectivity index (χ4n) is 2.05. The van der Waals surface area contributed by atoms with E-state index in [0.29, 0.717) is 12.1 Å². The van der Waals surface area contributed by atoms with Crippen molar-refractivity contribution in [2.75, 3.05) is 13.7 Å². The Balaban J connectivity index is 1.80. The minimum atomic E-state index is 0.446. The summed E-state index contributed by atoms with van der Waals surface area (Å²) in [5.41, 5.74) is 1.89. The van der Waals surface area contributed by atoms with Crippen LogP contribution < -0.4 is 5.32 Å². The molecule has 84 valence electrons. The SMILES string of the molecule is CNC(CCC1CCCO1)c1cncs1. The summed E-state index contributed by atoms with van der Waals surface area (Å²) in [6.45, 7) is 0.954. The van der Waals surface area contributed by atoms with Crippen molar-refractivity contribution in [3.05, 3.63) is 16.6 Å². The number of thiazole rings is 1. The molecule has 0 bridgehead atoms. The topological polar surface area (TPSA) is 34.1 Å². The van der Waals surface area contributed by atoms with Crippen molar-refractivity contribution < 1.29 is 4.74 Å². The second-order valence-corrected chi connectivity index (χ2v) is 4.88. The van der Waals surface area contributed by atoms with Crippen LogP contribution in [0.15, 0.2) is 11.7 Å². The maximum atomic E-state index is 5.63. The first-order valence-electron chi connectivity index (χ1n) is 5.57. The highest BCUT2D eigenvalue weighted by atomic mass is 32.1. The van der Waals surface area contributed by atoms with Gasteiger partial charge in [0.15, 0.2) is 0 Å². The van der Waals surface area contributed by atoms with Gasteiger partial charge in [0, 0.05) is 23.7 Å². The van der Waals surface area contributed by atoms with Crippen LogP contribution in [-0.2, 0) is 4.74 Å². The van der Waals surface area contributed by atoms with E-state index in [1.807, 2.05) is 18.8 Å². The van der Waals surface area contributed by atoms with Crippen LogP contribution in [0.2, 0.25) is 0 Å². The first-order chi connectivity index (χ1) is 7.40. The Morgan fingerprint density at radius 2 is 2.67 bits per heavy atom. The molecule has 0 amide bonds. The largest absolute Gasteiger partial charge is 0.378 e. The van der Waals surface area contributed by atoms with Crippen LogP contribution in [0.4, 0.5) is 0 Å². The van der Waals surface area contributed by atoms with Crippen LogP contribution in [0.3, 0.4) is 0 Å². The van der Waals surface area contributed by atoms with Gasteiger partial charge in [-0.3, -0.25) is 4.98 Å². The lowest BCUT2D eigenvalue weighted by atomic mass is 10.1. The Labute approximate surface area is 94.9 Å². The van der Waals surface area contributed by atoms with E-state index in [1.165, 1.54) is 17.7 Å². The van der Waals surface area contributed by atoms with Crippen molar-refractivity contribution in [1.29, 1.82) is 0 Å². The van der Waals surface area contributed by atoms with Gasteiger partial charge in [0.1, 0.15) is 0 Å². The lowest BCUT2D eigenvalue weighted by Gasteiger charge is -2.16. The first kappa shape index (κ1) is 11.0. The average Bonchev–Trinajstić information content (AvgIpc) is 2.90. The zero-order chi connectivity index (χ0) is 10.5. The van der Waals surface area contributed by atoms with E-state index < -0.39 is 0 Å². The lowest BCUT2D eigenvalue weighted by Crippen LogP contribution is -2.17. The van der Waals surface area contributed by atoms with Crippen molar-refractivity contribution in [2.24, 2.45) is 0 Å². The van der Waals surface area contributed by atoms with Gasteiger partial charge in [0.25, 0.3) is 0 Å². The second-order valence-electron chi connectivity index (χ2n) is 3.96. The molecule has 3 nitrogen and oxygen atoms in total. The predicted octanol–water partition coefficient (Wildman–Crippen LogP) is 2.36. The molecule has 2 heterocycles. The number of nitrogens with zero attached hydrogens (tertiary/aromatic N) is 1. The summed E-state index contributed by atoms with van der Waals surface area (Å²) in [6.07, 6.45) is 7.22. The van der Waals surface area contributed by atoms with Crippen LogP contribution >= 0.6 is 11.3 Å². The Kier molecular flexibility index (Phi) is 4.11. The molecule has 1 fully saturated rings. The van der Waals surface area contributed by atoms with Crippen molar-refractivity contribution in [3.8, 4) is 0 Å². The number of rotatable bonds is 5. The summed E-state index contributed by atoms with van der Waals surface area (Å²) in [7, 11) is 2.01. The molecule has 1 aromatic rings. The van der Waals surface area contributed by atoms with Gasteiger partial charge in [-0.05, 0) is 32.7 Å². The number of aromatic nitrogens is 1. The Morgan fingerprint density at radius 3 is 3.27 bits per heavy atom. The molecule has 2 atom stereocenters. The van der Waals surface area contributed by atoms with Gasteiger partial charge in [-0.2, -0.15) is 0 Å². The molecule has 1 N–H and O–H groups in total. The zero-order valence-corrected chi connectivity index (χ0v) is 9.93. The Morgan fingerprint density at radius 1 is 1.73 bits per heavy atom. The summed E-state index contributed by atoms with van der Waals surface area (Å²) >= 11 is 1.72. The molecule has 0 aromatic carbocycles. The monoisotopic (exact) mass is 226 g/mol. The third-order valence-corrected chi connectivity index (χ3v) is 3.83. The Bertz CT molecular complexity index is 270. The Hall–Kier alpha value is -0.450. The molecule has 2 unspecified atom stereocenters. The molecule has 1 aliphatic heterocycles. The van der Waals surface area contributed by atoms with Crippen LogP contribution in [0.1, 0.15) is 36.6 Å². The maximum absolute atomic E-state index is 5.63. The molecular weight excluding hydrogens is 208 g/mol. The molecule has 0 radical (unpaired) electrons. The van der Waals surface area contributed by atoms with Crippen molar-refractivity contribution in [2.45, 2.75) is 37.8 Å². The van der Waals surface area contributed by atoms with Gasteiger partial charge in [0.2, 0.25) is 0 Å². The molecule has 0 aliphatic carbocycles. The van der Waals surface area contributed by atoms with E-state index in [1.54, 1.807) is 11.3 Å². The van der Waals surface area contributed by atoms with E-state index in [0.717, 1.165) is 19.4 Å². The minimum absolute atomic E-state index is 0.446. The van der Waals surface area contributed by atoms with Crippen LogP contribution in [-0.4, -0.2) is 24.7 Å². The molecule has 1 aromatic heterocycles. The summed E-state index contributed by atoms with van der Waals surface area (Å²) in [6, 6.07) is 0.446. The maximum Gasteiger partial charge on any atom is 0.0794 e. The van der Waals surface area contributed by atoms with Gasteiger partial charge in [0.05, 0.1) is 11.6 Å². The smallest absolute Gasteiger partial charge is 0.0794 e. The second kappa shape index (κ2) is 5.58. The number of hydrogen-bond donors (Lipinski definition) is 1. The molecule has 2 rings (SSSR count). The summed E-state index contributed by atoms with van der Waals surface area (Å²) in [5.74, 6) is 0. The summed E-state index contributed by atoms with van der Waals surface area (Å²) < 4.78 is 5.63. The lowest BCUT2D eigenvalue weighted by molar-refractivity contribution is 0.0999. The highest BCUT2D eigenvalue weighted by Gasteiger charge is 2.18. The van der Waals surface area contributed by atoms with Crippen molar-refractivity contribution in [1.82, 2.24) is 10.3 Å². The van der Waals surface area contributed by atoms with E-state index in [-0.39, 0.29) is 0 Å². The van der Waals surface area contributed by atoms with Gasteiger partial charge < -0.3 is 10.1 Å². The van der Waals surface area contributed by atoms with E-state index in [9.17, 15) is 0 Å². The quantitative estimate of drug-likeness (QED) is 0.837. The van der Waals surface area contributed by atoms with Gasteiger partial charge in [-0.15, -0.1) is 11.3 Å². The normalized spacial score (nSPS) is 23.1. The third kappa shape index (κ3) is 3.00. The third-order valence-electron chi connectivity index (χ3n) is 2.94. The fourth-order valence-corrected chi connectivity index (χ4v) is 2.82. The molecule has 0 saturated carbocycles. The molecule has 1 saturated heterocycles. The van der Waals surface area contributed by atoms with Crippen molar-refractivity contribution >= 4 is 11.3 Å². The average molecular weight is 226 g/mol. The highest BCUT2D eigenvalue weighted by Crippen LogP contribution is 2.25. The summed E-state index contributed by atoms with van der Waals surface area (Å²) in [5, 5.41) is 3.34. The molecule has 1 aliphatic rings. The van der Waals surface area contributed by atoms with Crippen LogP contribution in [0, 0.1) is 0 Å². The molecular formula is C11H18N2OS. The highest BCUT2D eigenvalue weighted by molar-refractivity contribution is 7.09. The molecule has 0 spiro atoms. The number of ether oxygens (including phenoxy) is 1. The first-order valence-corrected chi connectivity index (χ1v) is 6.45. The van der Waals surface area contributed by atoms with E-state index in [4.69, 9.17) is 4.74 Å². The summed E-state index contributed by atoms with van der Waals surface area (Å²) in [4.78, 5) is 5.45.